The Kier molecular flexibility index (Phi) is 2.92. The molecule has 2 aromatic carbocycles. The predicted octanol–water partition coefficient (Wildman–Crippen LogP) is 4.63. The first-order valence-corrected chi connectivity index (χ1v) is 6.34. The van der Waals surface area contributed by atoms with Gasteiger partial charge in [-0.25, -0.2) is 0 Å². The first-order chi connectivity index (χ1) is 9.25. The van der Waals surface area contributed by atoms with Crippen LogP contribution in [0.4, 0.5) is 0 Å². The fraction of sp³-hybridized carbons (Fsp3) is 0.118. The van der Waals surface area contributed by atoms with Crippen molar-refractivity contribution in [2.24, 2.45) is 0 Å². The quantitative estimate of drug-likeness (QED) is 0.662. The van der Waals surface area contributed by atoms with Gasteiger partial charge in [0.25, 0.3) is 0 Å². The molecule has 1 heterocycles. The minimum absolute atomic E-state index is 0.837. The molecule has 1 aromatic heterocycles. The number of hydrogen-bond donors (Lipinski definition) is 0. The average Bonchev–Trinajstić information content (AvgIpc) is 2.82. The summed E-state index contributed by atoms with van der Waals surface area (Å²) in [4.78, 5) is 0. The van der Waals surface area contributed by atoms with E-state index in [1.807, 2.05) is 25.1 Å². The molecule has 0 saturated carbocycles. The molecule has 2 nitrogen and oxygen atoms in total. The Balaban J connectivity index is 2.16. The van der Waals surface area contributed by atoms with Gasteiger partial charge in [-0.2, -0.15) is 0 Å². The van der Waals surface area contributed by atoms with Crippen LogP contribution in [0.5, 0.6) is 0 Å². The number of benzene rings is 2. The van der Waals surface area contributed by atoms with E-state index in [-0.39, 0.29) is 0 Å². The summed E-state index contributed by atoms with van der Waals surface area (Å²) in [6.45, 7) is 4.05. The van der Waals surface area contributed by atoms with E-state index in [9.17, 15) is 0 Å². The third-order valence-corrected chi connectivity index (χ3v) is 3.24. The van der Waals surface area contributed by atoms with Crippen molar-refractivity contribution in [2.75, 3.05) is 0 Å². The maximum atomic E-state index is 5.53. The van der Waals surface area contributed by atoms with Gasteiger partial charge in [0.15, 0.2) is 5.76 Å². The number of rotatable bonds is 2. The highest BCUT2D eigenvalue weighted by molar-refractivity contribution is 5.81. The van der Waals surface area contributed by atoms with Crippen molar-refractivity contribution < 1.29 is 4.52 Å². The summed E-state index contributed by atoms with van der Waals surface area (Å²) < 4.78 is 5.53. The zero-order chi connectivity index (χ0) is 13.2. The molecule has 94 valence electrons. The Bertz CT molecular complexity index is 681. The third kappa shape index (κ3) is 2.17. The maximum Gasteiger partial charge on any atom is 0.174 e. The van der Waals surface area contributed by atoms with Crippen LogP contribution in [0.1, 0.15) is 11.3 Å². The van der Waals surface area contributed by atoms with Gasteiger partial charge in [-0.05, 0) is 19.4 Å². The van der Waals surface area contributed by atoms with E-state index in [0.29, 0.717) is 0 Å². The van der Waals surface area contributed by atoms with Crippen LogP contribution in [0.15, 0.2) is 59.1 Å². The maximum absolute atomic E-state index is 5.53. The monoisotopic (exact) mass is 249 g/mol. The highest BCUT2D eigenvalue weighted by atomic mass is 16.5. The van der Waals surface area contributed by atoms with Gasteiger partial charge in [0, 0.05) is 5.56 Å². The Morgan fingerprint density at radius 3 is 2.16 bits per heavy atom. The molecular weight excluding hydrogens is 234 g/mol. The second-order valence-electron chi connectivity index (χ2n) is 4.70. The zero-order valence-electron chi connectivity index (χ0n) is 11.1. The molecule has 0 radical (unpaired) electrons. The van der Waals surface area contributed by atoms with Gasteiger partial charge in [0.1, 0.15) is 0 Å². The van der Waals surface area contributed by atoms with Crippen molar-refractivity contribution in [3.05, 3.63) is 65.9 Å². The van der Waals surface area contributed by atoms with Crippen molar-refractivity contribution in [3.63, 3.8) is 0 Å². The van der Waals surface area contributed by atoms with Crippen molar-refractivity contribution in [1.82, 2.24) is 5.16 Å². The fourth-order valence-electron chi connectivity index (χ4n) is 2.22. The second-order valence-corrected chi connectivity index (χ2v) is 4.70. The Labute approximate surface area is 112 Å². The number of hydrogen-bond acceptors (Lipinski definition) is 2. The van der Waals surface area contributed by atoms with Crippen LogP contribution in [-0.2, 0) is 0 Å². The zero-order valence-corrected chi connectivity index (χ0v) is 11.1. The highest BCUT2D eigenvalue weighted by Gasteiger charge is 2.16. The first kappa shape index (κ1) is 11.7. The second kappa shape index (κ2) is 4.73. The van der Waals surface area contributed by atoms with Crippen LogP contribution in [0, 0.1) is 13.8 Å². The molecule has 0 spiro atoms. The molecule has 3 rings (SSSR count). The van der Waals surface area contributed by atoms with Gasteiger partial charge < -0.3 is 4.52 Å². The molecule has 0 N–H and O–H groups in total. The van der Waals surface area contributed by atoms with Gasteiger partial charge >= 0.3 is 0 Å². The van der Waals surface area contributed by atoms with Crippen molar-refractivity contribution in [1.29, 1.82) is 0 Å². The molecule has 2 heteroatoms. The van der Waals surface area contributed by atoms with Gasteiger partial charge in [0.2, 0.25) is 0 Å². The normalized spacial score (nSPS) is 10.6. The minimum Gasteiger partial charge on any atom is -0.355 e. The van der Waals surface area contributed by atoms with Gasteiger partial charge in [-0.1, -0.05) is 65.3 Å². The lowest BCUT2D eigenvalue weighted by molar-refractivity contribution is 0.427. The lowest BCUT2D eigenvalue weighted by Gasteiger charge is -2.03. The van der Waals surface area contributed by atoms with Crippen molar-refractivity contribution >= 4 is 0 Å². The first-order valence-electron chi connectivity index (χ1n) is 6.34. The molecule has 0 amide bonds. The van der Waals surface area contributed by atoms with E-state index in [4.69, 9.17) is 4.52 Å². The van der Waals surface area contributed by atoms with Crippen molar-refractivity contribution in [2.45, 2.75) is 13.8 Å². The molecule has 0 unspecified atom stereocenters. The van der Waals surface area contributed by atoms with Gasteiger partial charge in [-0.3, -0.25) is 0 Å². The minimum atomic E-state index is 0.837. The van der Waals surface area contributed by atoms with Crippen LogP contribution in [0.2, 0.25) is 0 Å². The van der Waals surface area contributed by atoms with E-state index in [0.717, 1.165) is 28.1 Å². The third-order valence-electron chi connectivity index (χ3n) is 3.24. The largest absolute Gasteiger partial charge is 0.355 e. The number of aromatic nitrogens is 1. The Hall–Kier alpha value is -2.35. The van der Waals surface area contributed by atoms with E-state index < -0.39 is 0 Å². The van der Waals surface area contributed by atoms with Crippen LogP contribution in [0.25, 0.3) is 22.5 Å². The highest BCUT2D eigenvalue weighted by Crippen LogP contribution is 2.34. The van der Waals surface area contributed by atoms with Crippen LogP contribution in [-0.4, -0.2) is 5.16 Å². The molecule has 0 aliphatic rings. The van der Waals surface area contributed by atoms with Crippen molar-refractivity contribution in [3.8, 4) is 22.5 Å². The SMILES string of the molecule is Cc1ccc(-c2onc(C)c2-c2ccccc2)cc1. The van der Waals surface area contributed by atoms with Gasteiger partial charge in [-0.15, -0.1) is 0 Å². The lowest BCUT2D eigenvalue weighted by atomic mass is 9.99. The van der Waals surface area contributed by atoms with E-state index in [1.54, 1.807) is 0 Å². The van der Waals surface area contributed by atoms with Crippen LogP contribution in [0.3, 0.4) is 0 Å². The predicted molar refractivity (Wildman–Crippen MR) is 76.8 cm³/mol. The molecular formula is C17H15NO. The Morgan fingerprint density at radius 2 is 1.47 bits per heavy atom. The Morgan fingerprint density at radius 1 is 0.789 bits per heavy atom. The molecule has 0 aliphatic carbocycles. The topological polar surface area (TPSA) is 26.0 Å². The molecule has 0 saturated heterocycles. The fourth-order valence-corrected chi connectivity index (χ4v) is 2.22. The summed E-state index contributed by atoms with van der Waals surface area (Å²) in [5, 5.41) is 4.12. The molecule has 0 aliphatic heterocycles. The summed E-state index contributed by atoms with van der Waals surface area (Å²) in [5.74, 6) is 0.837. The van der Waals surface area contributed by atoms with Crippen LogP contribution < -0.4 is 0 Å². The summed E-state index contributed by atoms with van der Waals surface area (Å²) in [6, 6.07) is 18.5. The molecule has 0 atom stereocenters. The molecule has 3 aromatic rings. The van der Waals surface area contributed by atoms with E-state index in [1.165, 1.54) is 5.56 Å². The van der Waals surface area contributed by atoms with E-state index >= 15 is 0 Å². The number of aryl methyl sites for hydroxylation is 2. The summed E-state index contributed by atoms with van der Waals surface area (Å²) in [6.07, 6.45) is 0. The summed E-state index contributed by atoms with van der Waals surface area (Å²) >= 11 is 0. The number of nitrogens with zero attached hydrogens (tertiary/aromatic N) is 1. The van der Waals surface area contributed by atoms with Crippen LogP contribution >= 0.6 is 0 Å². The standard InChI is InChI=1S/C17H15NO/c1-12-8-10-15(11-9-12)17-16(13(2)18-19-17)14-6-4-3-5-7-14/h3-11H,1-2H3. The van der Waals surface area contributed by atoms with Gasteiger partial charge in [0.05, 0.1) is 11.3 Å². The lowest BCUT2D eigenvalue weighted by Crippen LogP contribution is -1.83. The molecule has 0 bridgehead atoms. The summed E-state index contributed by atoms with van der Waals surface area (Å²) in [5.41, 5.74) is 5.43. The van der Waals surface area contributed by atoms with E-state index in [2.05, 4.69) is 48.5 Å². The summed E-state index contributed by atoms with van der Waals surface area (Å²) in [7, 11) is 0. The average molecular weight is 249 g/mol. The molecule has 0 fully saturated rings. The molecule has 19 heavy (non-hydrogen) atoms. The smallest absolute Gasteiger partial charge is 0.174 e.